The summed E-state index contributed by atoms with van der Waals surface area (Å²) in [4.78, 5) is 38.5. The molecule has 1 radical (unpaired) electrons. The second-order valence-corrected chi connectivity index (χ2v) is 8.30. The van der Waals surface area contributed by atoms with Crippen molar-refractivity contribution in [3.63, 3.8) is 0 Å². The van der Waals surface area contributed by atoms with Gasteiger partial charge in [0.05, 0.1) is 76.2 Å². The van der Waals surface area contributed by atoms with Gasteiger partial charge in [-0.2, -0.15) is 0 Å². The molecule has 0 aromatic rings. The van der Waals surface area contributed by atoms with Crippen molar-refractivity contribution in [3.05, 3.63) is 10.4 Å². The molecule has 16 heteroatoms. The van der Waals surface area contributed by atoms with Crippen LogP contribution in [0.15, 0.2) is 0 Å². The van der Waals surface area contributed by atoms with Crippen LogP contribution in [0.2, 0.25) is 0 Å². The first kappa shape index (κ1) is 51.0. The van der Waals surface area contributed by atoms with Crippen molar-refractivity contribution >= 4 is 23.9 Å². The van der Waals surface area contributed by atoms with Gasteiger partial charge in [0, 0.05) is 26.2 Å². The van der Waals surface area contributed by atoms with Crippen LogP contribution in [0, 0.1) is 10.4 Å². The predicted molar refractivity (Wildman–Crippen MR) is 138 cm³/mol. The van der Waals surface area contributed by atoms with E-state index in [1.807, 2.05) is 0 Å². The van der Waals surface area contributed by atoms with Crippen LogP contribution >= 0.6 is 0 Å². The van der Waals surface area contributed by atoms with E-state index in [4.69, 9.17) is 0 Å². The number of carboxylic acids is 4. The number of aliphatic carboxylic acids is 4. The maximum atomic E-state index is 10.1. The Hall–Kier alpha value is -1.82. The molecule has 0 rings (SSSR count). The van der Waals surface area contributed by atoms with Crippen molar-refractivity contribution in [1.29, 1.82) is 0 Å². The van der Waals surface area contributed by atoms with Crippen LogP contribution < -0.4 is 20.4 Å². The zero-order valence-corrected chi connectivity index (χ0v) is 26.7. The van der Waals surface area contributed by atoms with Gasteiger partial charge in [-0.25, -0.2) is 0 Å². The first-order chi connectivity index (χ1) is 17.5. The number of rotatable bonds is 16. The summed E-state index contributed by atoms with van der Waals surface area (Å²) in [6, 6.07) is 0. The van der Waals surface area contributed by atoms with E-state index in [9.17, 15) is 50.0 Å². The van der Waals surface area contributed by atoms with Crippen LogP contribution in [-0.2, 0) is 37.7 Å². The maximum Gasteiger partial charge on any atom is 4.00 e. The Morgan fingerprint density at radius 1 is 0.450 bits per heavy atom. The van der Waals surface area contributed by atoms with Crippen molar-refractivity contribution in [1.82, 2.24) is 10.1 Å². The molecule has 0 fully saturated rings. The first-order valence-electron chi connectivity index (χ1n) is 12.9. The minimum Gasteiger partial charge on any atom is -0.785 e. The van der Waals surface area contributed by atoms with Gasteiger partial charge in [0.1, 0.15) is 0 Å². The minimum atomic E-state index is -1.61. The molecule has 0 aliphatic carbocycles. The Bertz CT molecular complexity index is 529. The molecule has 0 saturated heterocycles. The molecular formula is C24H50N4O11V. The van der Waals surface area contributed by atoms with Gasteiger partial charge < -0.3 is 74.6 Å². The number of quaternary nitrogens is 2. The van der Waals surface area contributed by atoms with Crippen LogP contribution in [0.4, 0.5) is 0 Å². The van der Waals surface area contributed by atoms with Crippen LogP contribution in [0.1, 0.15) is 55.4 Å². The fourth-order valence-electron chi connectivity index (χ4n) is 3.37. The first-order valence-corrected chi connectivity index (χ1v) is 12.9. The van der Waals surface area contributed by atoms with Gasteiger partial charge in [0.25, 0.3) is 0 Å². The quantitative estimate of drug-likeness (QED) is 0.117. The summed E-state index contributed by atoms with van der Waals surface area (Å²) in [5, 5.41) is 58.4. The van der Waals surface area contributed by atoms with Gasteiger partial charge in [-0.15, -0.1) is 0 Å². The Kier molecular flexibility index (Phi) is 38.4. The number of carbonyl (C=O) groups is 4. The van der Waals surface area contributed by atoms with Crippen molar-refractivity contribution in [2.24, 2.45) is 0 Å². The number of nitrogens with zero attached hydrogens (tertiary/aromatic N) is 4. The summed E-state index contributed by atoms with van der Waals surface area (Å²) in [6.07, 6.45) is 0. The summed E-state index contributed by atoms with van der Waals surface area (Å²) in [7, 11) is 0. The Morgan fingerprint density at radius 3 is 0.625 bits per heavy atom. The molecule has 0 amide bonds. The zero-order chi connectivity index (χ0) is 30.9. The number of hydrogen-bond acceptors (Lipinski definition) is 12. The molecule has 0 unspecified atom stereocenters. The van der Waals surface area contributed by atoms with Crippen molar-refractivity contribution in [3.8, 4) is 0 Å². The molecular weight excluding hydrogens is 571 g/mol. The van der Waals surface area contributed by atoms with E-state index in [1.165, 1.54) is 61.3 Å². The van der Waals surface area contributed by atoms with E-state index in [0.717, 1.165) is 0 Å². The van der Waals surface area contributed by atoms with Crippen LogP contribution in [0.25, 0.3) is 0 Å². The van der Waals surface area contributed by atoms with Crippen LogP contribution in [0.5, 0.6) is 0 Å². The Balaban J connectivity index is -0.0000000949. The topological polar surface area (TPSA) is 245 Å². The van der Waals surface area contributed by atoms with Gasteiger partial charge in [-0.3, -0.25) is 0 Å². The molecule has 0 aliphatic rings. The number of hydrogen-bond donors (Lipinski definition) is 0. The van der Waals surface area contributed by atoms with Crippen molar-refractivity contribution in [2.75, 3.05) is 78.5 Å². The molecule has 0 heterocycles. The smallest absolute Gasteiger partial charge is 0.785 e. The SMILES string of the molecule is CC[N+](CC)(CC)CC.CC[N+](CC)(CC)CC.O.O=C([O-])CN([O-])CC(=O)[O-].O=C([O-])CN([O-])CC(=O)[O-].[V+4]. The molecule has 40 heavy (non-hydrogen) atoms. The summed E-state index contributed by atoms with van der Waals surface area (Å²) in [5.74, 6) is -6.46. The van der Waals surface area contributed by atoms with E-state index in [2.05, 4.69) is 55.4 Å². The third kappa shape index (κ3) is 30.7. The molecule has 0 aromatic heterocycles. The van der Waals surface area contributed by atoms with Crippen LogP contribution in [-0.4, -0.2) is 127 Å². The third-order valence-electron chi connectivity index (χ3n) is 6.59. The van der Waals surface area contributed by atoms with Gasteiger partial charge in [-0.05, 0) is 55.4 Å². The number of carboxylic acid groups (broad SMARTS) is 4. The third-order valence-corrected chi connectivity index (χ3v) is 6.59. The molecule has 237 valence electrons. The van der Waals surface area contributed by atoms with Gasteiger partial charge >= 0.3 is 18.6 Å². The molecule has 0 bridgehead atoms. The fraction of sp³-hybridized carbons (Fsp3) is 0.833. The molecule has 15 nitrogen and oxygen atoms in total. The molecule has 0 spiro atoms. The molecule has 0 atom stereocenters. The zero-order valence-electron chi connectivity index (χ0n) is 25.3. The Labute approximate surface area is 250 Å². The van der Waals surface area contributed by atoms with Crippen molar-refractivity contribution in [2.45, 2.75) is 55.4 Å². The fourth-order valence-corrected chi connectivity index (χ4v) is 3.37. The minimum absolute atomic E-state index is 0. The standard InChI is InChI=1S/2C8H20N.2C4H6NO5.H2O.V/c2*1-5-9(6-2,7-3)8-4;2*6-3(7)1-5(10)2-4(8)9;;/h2*5-8H2,1-4H3;2*1-2H2,(H,6,7)(H,8,9);1H2;/q2*+1;2*-1;;+4/p-4. The second kappa shape index (κ2) is 30.2. The van der Waals surface area contributed by atoms with Gasteiger partial charge in [-0.1, -0.05) is 0 Å². The second-order valence-electron chi connectivity index (χ2n) is 8.30. The largest absolute Gasteiger partial charge is 4.00 e. The molecule has 0 saturated carbocycles. The molecule has 0 aromatic carbocycles. The average molecular weight is 622 g/mol. The van der Waals surface area contributed by atoms with E-state index >= 15 is 0 Å². The average Bonchev–Trinajstić information content (AvgIpc) is 2.82. The van der Waals surface area contributed by atoms with E-state index < -0.39 is 50.1 Å². The number of hydroxylamine groups is 4. The van der Waals surface area contributed by atoms with Crippen molar-refractivity contribution < 1.29 is 72.6 Å². The Morgan fingerprint density at radius 2 is 0.575 bits per heavy atom. The van der Waals surface area contributed by atoms with Gasteiger partial charge in [0.15, 0.2) is 0 Å². The van der Waals surface area contributed by atoms with E-state index in [0.29, 0.717) is 0 Å². The molecule has 0 aliphatic heterocycles. The summed E-state index contributed by atoms with van der Waals surface area (Å²) < 4.78 is 2.56. The molecule has 2 N–H and O–H groups in total. The maximum absolute atomic E-state index is 10.1. The van der Waals surface area contributed by atoms with Gasteiger partial charge in [0.2, 0.25) is 0 Å². The summed E-state index contributed by atoms with van der Waals surface area (Å²) in [6.45, 7) is 24.6. The van der Waals surface area contributed by atoms with E-state index in [1.54, 1.807) is 0 Å². The summed E-state index contributed by atoms with van der Waals surface area (Å²) >= 11 is 0. The normalized spacial score (nSPS) is 10.3. The summed E-state index contributed by atoms with van der Waals surface area (Å²) in [5.41, 5.74) is 0. The van der Waals surface area contributed by atoms with Crippen LogP contribution in [0.3, 0.4) is 0 Å². The number of carbonyl (C=O) groups excluding carboxylic acids is 4. The predicted octanol–water partition coefficient (Wildman–Crippen LogP) is -4.49. The monoisotopic (exact) mass is 621 g/mol. The van der Waals surface area contributed by atoms with E-state index in [-0.39, 0.29) is 34.2 Å².